The van der Waals surface area contributed by atoms with Gasteiger partial charge in [-0.2, -0.15) is 0 Å². The van der Waals surface area contributed by atoms with Crippen molar-refractivity contribution in [2.45, 2.75) is 5.41 Å². The van der Waals surface area contributed by atoms with Crippen LogP contribution in [0.25, 0.3) is 22.3 Å². The van der Waals surface area contributed by atoms with E-state index in [-0.39, 0.29) is 13.4 Å². The third-order valence-electron chi connectivity index (χ3n) is 16.9. The van der Waals surface area contributed by atoms with Crippen molar-refractivity contribution in [1.82, 2.24) is 0 Å². The molecular weight excluding hydrogens is 958 g/mol. The summed E-state index contributed by atoms with van der Waals surface area (Å²) in [5.41, 5.74) is 21.9. The van der Waals surface area contributed by atoms with Gasteiger partial charge in [0, 0.05) is 45.3 Å². The summed E-state index contributed by atoms with van der Waals surface area (Å²) < 4.78 is 14.9. The second-order valence-electron chi connectivity index (χ2n) is 21.0. The minimum Gasteiger partial charge on any atom is -0.458 e. The molecule has 0 aromatic heterocycles. The number of rotatable bonds is 8. The fourth-order valence-electron chi connectivity index (χ4n) is 13.7. The molecule has 1 spiro atoms. The monoisotopic (exact) mass is 1010 g/mol. The Labute approximate surface area is 461 Å². The predicted octanol–water partition coefficient (Wildman–Crippen LogP) is 14.2. The average molecular weight is 1010 g/mol. The largest absolute Gasteiger partial charge is 0.458 e. The second kappa shape index (κ2) is 18.0. The summed E-state index contributed by atoms with van der Waals surface area (Å²) >= 11 is 0. The van der Waals surface area contributed by atoms with Gasteiger partial charge in [-0.1, -0.05) is 217 Å². The summed E-state index contributed by atoms with van der Waals surface area (Å²) in [5.74, 6) is 3.53. The molecule has 12 aromatic rings. The van der Waals surface area contributed by atoms with Crippen molar-refractivity contribution in [1.29, 1.82) is 0 Å². The lowest BCUT2D eigenvalue weighted by Gasteiger charge is -2.33. The highest BCUT2D eigenvalue weighted by atomic mass is 16.5. The molecule has 16 rings (SSSR count). The first-order valence-electron chi connectivity index (χ1n) is 27.3. The van der Waals surface area contributed by atoms with Crippen molar-refractivity contribution < 1.29 is 9.47 Å². The van der Waals surface area contributed by atoms with Crippen LogP contribution < -0.4 is 52.1 Å². The fraction of sp³-hybridized carbons (Fsp3) is 0.0137. The minimum absolute atomic E-state index is 0.0529. The van der Waals surface area contributed by atoms with Crippen LogP contribution in [0.2, 0.25) is 0 Å². The first kappa shape index (κ1) is 45.2. The van der Waals surface area contributed by atoms with Crippen molar-refractivity contribution in [3.63, 3.8) is 0 Å². The Morgan fingerprint density at radius 3 is 0.949 bits per heavy atom. The van der Waals surface area contributed by atoms with E-state index in [2.05, 4.69) is 301 Å². The number of nitrogens with zero attached hydrogens (tertiary/aromatic N) is 2. The highest BCUT2D eigenvalue weighted by Gasteiger charge is 2.55. The standard InChI is InChI=1S/C73H48B2N2O2/c1-7-23-49(24-8-1)74-63-35-19-21-37-67(63)78-71-65(74)45-43-61-69(71)57-47-55(76(51-27-11-3-12-28-51)52-29-13-4-14-30-52)39-41-59(57)73(61)60-42-40-56(77(53-31-15-5-16-32-53)54-33-17-6-18-34-54)48-58(60)70-62(73)44-46-66-72(70)79-68-38-22-20-36-64(68)75(66)50-25-9-2-10-26-50/h1-48H. The second-order valence-corrected chi connectivity index (χ2v) is 21.0. The molecule has 0 saturated carbocycles. The van der Waals surface area contributed by atoms with Crippen molar-refractivity contribution in [3.8, 4) is 45.3 Å². The van der Waals surface area contributed by atoms with Gasteiger partial charge in [0.2, 0.25) is 0 Å². The van der Waals surface area contributed by atoms with Crippen LogP contribution in [0.3, 0.4) is 0 Å². The molecular formula is C73H48B2N2O2. The third-order valence-corrected chi connectivity index (χ3v) is 16.9. The van der Waals surface area contributed by atoms with Gasteiger partial charge in [0.05, 0.1) is 5.41 Å². The summed E-state index contributed by atoms with van der Waals surface area (Å²) in [6.45, 7) is -0.106. The summed E-state index contributed by atoms with van der Waals surface area (Å²) in [5, 5.41) is 0. The first-order valence-corrected chi connectivity index (χ1v) is 27.3. The number of ether oxygens (including phenoxy) is 2. The average Bonchev–Trinajstić information content (AvgIpc) is 3.32. The molecule has 0 fully saturated rings. The Morgan fingerprint density at radius 1 is 0.266 bits per heavy atom. The van der Waals surface area contributed by atoms with Crippen molar-refractivity contribution >= 4 is 80.3 Å². The maximum absolute atomic E-state index is 7.47. The molecule has 0 unspecified atom stereocenters. The lowest BCUT2D eigenvalue weighted by atomic mass is 9.35. The van der Waals surface area contributed by atoms with Gasteiger partial charge in [-0.05, 0) is 140 Å². The summed E-state index contributed by atoms with van der Waals surface area (Å²) in [6.07, 6.45) is 0. The number of para-hydroxylation sites is 6. The molecule has 0 N–H and O–H groups in total. The van der Waals surface area contributed by atoms with Gasteiger partial charge in [-0.15, -0.1) is 0 Å². The summed E-state index contributed by atoms with van der Waals surface area (Å²) in [4.78, 5) is 4.75. The lowest BCUT2D eigenvalue weighted by molar-refractivity contribution is 0.488. The van der Waals surface area contributed by atoms with Gasteiger partial charge < -0.3 is 19.3 Å². The number of hydrogen-bond donors (Lipinski definition) is 0. The topological polar surface area (TPSA) is 24.9 Å². The van der Waals surface area contributed by atoms with Crippen LogP contribution in [0.15, 0.2) is 291 Å². The zero-order valence-corrected chi connectivity index (χ0v) is 43.1. The van der Waals surface area contributed by atoms with Gasteiger partial charge in [-0.25, -0.2) is 0 Å². The zero-order chi connectivity index (χ0) is 52.0. The van der Waals surface area contributed by atoms with Crippen LogP contribution in [-0.4, -0.2) is 13.4 Å². The van der Waals surface area contributed by atoms with Crippen molar-refractivity contribution in [2.75, 3.05) is 9.80 Å². The van der Waals surface area contributed by atoms with E-state index >= 15 is 0 Å². The minimum atomic E-state index is -0.795. The molecule has 0 atom stereocenters. The lowest BCUT2D eigenvalue weighted by Crippen LogP contribution is -2.55. The number of anilines is 6. The molecule has 0 amide bonds. The van der Waals surface area contributed by atoms with E-state index in [1.54, 1.807) is 0 Å². The maximum Gasteiger partial charge on any atom is 0.250 e. The summed E-state index contributed by atoms with van der Waals surface area (Å²) in [7, 11) is 0. The highest BCUT2D eigenvalue weighted by Crippen LogP contribution is 2.67. The van der Waals surface area contributed by atoms with E-state index in [0.717, 1.165) is 101 Å². The predicted molar refractivity (Wildman–Crippen MR) is 327 cm³/mol. The molecule has 79 heavy (non-hydrogen) atoms. The van der Waals surface area contributed by atoms with Gasteiger partial charge in [0.25, 0.3) is 13.4 Å². The van der Waals surface area contributed by atoms with Gasteiger partial charge in [-0.3, -0.25) is 0 Å². The van der Waals surface area contributed by atoms with Crippen LogP contribution in [-0.2, 0) is 5.41 Å². The first-order chi connectivity index (χ1) is 39.2. The van der Waals surface area contributed by atoms with E-state index in [1.165, 1.54) is 33.2 Å². The van der Waals surface area contributed by atoms with Gasteiger partial charge in [0.15, 0.2) is 0 Å². The molecule has 0 bridgehead atoms. The van der Waals surface area contributed by atoms with E-state index in [1.807, 2.05) is 0 Å². The van der Waals surface area contributed by atoms with E-state index < -0.39 is 5.41 Å². The Morgan fingerprint density at radius 2 is 0.582 bits per heavy atom. The van der Waals surface area contributed by atoms with E-state index in [9.17, 15) is 0 Å². The highest BCUT2D eigenvalue weighted by molar-refractivity contribution is 6.97. The third kappa shape index (κ3) is 6.84. The molecule has 368 valence electrons. The maximum atomic E-state index is 7.47. The molecule has 12 aromatic carbocycles. The summed E-state index contributed by atoms with van der Waals surface area (Å²) in [6, 6.07) is 106. The SMILES string of the molecule is c1ccc(B2c3ccccc3Oc3c2ccc2c3-c3cc(N(c4ccccc4)c4ccccc4)ccc3C23c2ccc(N(c4ccccc4)c4ccccc4)cc2-c2c3ccc3c2Oc2ccccc2B3c2ccccc2)cc1. The van der Waals surface area contributed by atoms with Crippen molar-refractivity contribution in [3.05, 3.63) is 313 Å². The van der Waals surface area contributed by atoms with Crippen molar-refractivity contribution in [2.24, 2.45) is 0 Å². The molecule has 0 saturated heterocycles. The Hall–Kier alpha value is -10.0. The van der Waals surface area contributed by atoms with Crippen LogP contribution >= 0.6 is 0 Å². The molecule has 4 nitrogen and oxygen atoms in total. The van der Waals surface area contributed by atoms with E-state index in [0.29, 0.717) is 0 Å². The molecule has 2 heterocycles. The van der Waals surface area contributed by atoms with Gasteiger partial charge >= 0.3 is 0 Å². The quantitative estimate of drug-likeness (QED) is 0.142. The fourth-order valence-corrected chi connectivity index (χ4v) is 13.7. The molecule has 0 radical (unpaired) electrons. The Balaban J connectivity index is 1.02. The molecule has 2 aliphatic carbocycles. The van der Waals surface area contributed by atoms with E-state index in [4.69, 9.17) is 9.47 Å². The molecule has 2 aliphatic heterocycles. The van der Waals surface area contributed by atoms with Crippen LogP contribution in [0.1, 0.15) is 22.3 Å². The van der Waals surface area contributed by atoms with Crippen LogP contribution in [0, 0.1) is 0 Å². The van der Waals surface area contributed by atoms with Crippen LogP contribution in [0.5, 0.6) is 23.0 Å². The Bertz CT molecular complexity index is 3970. The normalized spacial score (nSPS) is 13.3. The smallest absolute Gasteiger partial charge is 0.250 e. The molecule has 6 heteroatoms. The zero-order valence-electron chi connectivity index (χ0n) is 43.1. The number of benzene rings is 12. The number of fused-ring (bicyclic) bond motifs is 16. The van der Waals surface area contributed by atoms with Crippen LogP contribution in [0.4, 0.5) is 34.1 Å². The number of hydrogen-bond acceptors (Lipinski definition) is 4. The van der Waals surface area contributed by atoms with Gasteiger partial charge in [0.1, 0.15) is 23.0 Å². The molecule has 4 aliphatic rings. The Kier molecular flexibility index (Phi) is 10.3.